The van der Waals surface area contributed by atoms with Gasteiger partial charge in [-0.2, -0.15) is 0 Å². The molecule has 0 atom stereocenters. The molecule has 0 fully saturated rings. The molecule has 0 amide bonds. The summed E-state index contributed by atoms with van der Waals surface area (Å²) in [5, 5.41) is 0. The van der Waals surface area contributed by atoms with E-state index in [9.17, 15) is 9.59 Å². The number of carbonyl (C=O) groups excluding carboxylic acids is 2. The van der Waals surface area contributed by atoms with Crippen molar-refractivity contribution in [1.82, 2.24) is 0 Å². The van der Waals surface area contributed by atoms with Crippen molar-refractivity contribution < 1.29 is 19.1 Å². The number of ether oxygens (including phenoxy) is 2. The second-order valence-corrected chi connectivity index (χ2v) is 8.47. The highest BCUT2D eigenvalue weighted by atomic mass is 16.5. The Morgan fingerprint density at radius 1 is 0.559 bits per heavy atom. The number of rotatable bonds is 17. The lowest BCUT2D eigenvalue weighted by Gasteiger charge is -2.07. The molecule has 4 nitrogen and oxygen atoms in total. The van der Waals surface area contributed by atoms with Crippen LogP contribution in [0.1, 0.15) is 62.5 Å². The smallest absolute Gasteiger partial charge is 0.330 e. The highest BCUT2D eigenvalue weighted by molar-refractivity contribution is 5.81. The number of benzene rings is 2. The van der Waals surface area contributed by atoms with Crippen LogP contribution in [0.5, 0.6) is 0 Å². The first kappa shape index (κ1) is 27.1. The van der Waals surface area contributed by atoms with Crippen LogP contribution in [-0.4, -0.2) is 25.2 Å². The fourth-order valence-corrected chi connectivity index (χ4v) is 3.76. The average molecular weight is 463 g/mol. The molecule has 0 aliphatic heterocycles. The molecule has 2 rings (SSSR count). The van der Waals surface area contributed by atoms with Gasteiger partial charge >= 0.3 is 11.9 Å². The molecule has 0 spiro atoms. The summed E-state index contributed by atoms with van der Waals surface area (Å²) in [5.74, 6) is -0.681. The first-order valence-corrected chi connectivity index (χ1v) is 12.4. The van der Waals surface area contributed by atoms with Crippen molar-refractivity contribution in [1.29, 1.82) is 0 Å². The summed E-state index contributed by atoms with van der Waals surface area (Å²) in [4.78, 5) is 22.0. The molecule has 0 unspecified atom stereocenters. The van der Waals surface area contributed by atoms with E-state index in [2.05, 4.69) is 61.7 Å². The molecule has 2 aromatic carbocycles. The van der Waals surface area contributed by atoms with Gasteiger partial charge < -0.3 is 9.47 Å². The summed E-state index contributed by atoms with van der Waals surface area (Å²) >= 11 is 0. The molecule has 0 aliphatic rings. The van der Waals surface area contributed by atoms with Crippen LogP contribution in [0.15, 0.2) is 73.8 Å². The van der Waals surface area contributed by atoms with Crippen LogP contribution in [0.25, 0.3) is 11.1 Å². The van der Waals surface area contributed by atoms with Crippen molar-refractivity contribution in [3.63, 3.8) is 0 Å². The molecule has 34 heavy (non-hydrogen) atoms. The van der Waals surface area contributed by atoms with Gasteiger partial charge in [-0.05, 0) is 60.8 Å². The van der Waals surface area contributed by atoms with E-state index in [1.54, 1.807) is 0 Å². The Morgan fingerprint density at radius 3 is 1.26 bits per heavy atom. The van der Waals surface area contributed by atoms with E-state index in [1.165, 1.54) is 34.4 Å². The van der Waals surface area contributed by atoms with Gasteiger partial charge in [0.15, 0.2) is 0 Å². The van der Waals surface area contributed by atoms with Crippen LogP contribution in [0.3, 0.4) is 0 Å². The number of esters is 2. The molecule has 0 saturated carbocycles. The van der Waals surface area contributed by atoms with Crippen molar-refractivity contribution in [2.45, 2.75) is 64.2 Å². The van der Waals surface area contributed by atoms with Crippen molar-refractivity contribution in [3.05, 3.63) is 85.0 Å². The monoisotopic (exact) mass is 462 g/mol. The summed E-state index contributed by atoms with van der Waals surface area (Å²) in [6, 6.07) is 17.7. The van der Waals surface area contributed by atoms with Gasteiger partial charge in [-0.3, -0.25) is 0 Å². The first-order valence-electron chi connectivity index (χ1n) is 12.4. The van der Waals surface area contributed by atoms with Crippen molar-refractivity contribution in [2.24, 2.45) is 0 Å². The second kappa shape index (κ2) is 16.5. The zero-order chi connectivity index (χ0) is 24.4. The predicted octanol–water partition coefficient (Wildman–Crippen LogP) is 7.02. The topological polar surface area (TPSA) is 52.6 Å². The maximum Gasteiger partial charge on any atom is 0.330 e. The molecule has 0 saturated heterocycles. The minimum Gasteiger partial charge on any atom is -0.463 e. The standard InChI is InChI=1S/C30H38O4/c1-3-29(31)33-23-11-7-5-9-13-25-15-19-27(20-16-25)28-21-17-26(18-22-28)14-10-6-8-12-24-34-30(32)4-2/h3-4,15-22H,1-2,5-14,23-24H2. The quantitative estimate of drug-likeness (QED) is 0.144. The third-order valence-corrected chi connectivity index (χ3v) is 5.78. The summed E-state index contributed by atoms with van der Waals surface area (Å²) in [7, 11) is 0. The van der Waals surface area contributed by atoms with E-state index < -0.39 is 0 Å². The van der Waals surface area contributed by atoms with Crippen molar-refractivity contribution in [2.75, 3.05) is 13.2 Å². The minimum absolute atomic E-state index is 0.341. The molecule has 0 aliphatic carbocycles. The Balaban J connectivity index is 1.62. The Hall–Kier alpha value is -3.14. The Kier molecular flexibility index (Phi) is 13.1. The van der Waals surface area contributed by atoms with Gasteiger partial charge in [0.05, 0.1) is 13.2 Å². The van der Waals surface area contributed by atoms with Crippen LogP contribution in [0.2, 0.25) is 0 Å². The zero-order valence-corrected chi connectivity index (χ0v) is 20.3. The third-order valence-electron chi connectivity index (χ3n) is 5.78. The van der Waals surface area contributed by atoms with Gasteiger partial charge in [0.2, 0.25) is 0 Å². The summed E-state index contributed by atoms with van der Waals surface area (Å²) in [6.45, 7) is 7.74. The van der Waals surface area contributed by atoms with Gasteiger partial charge in [0.1, 0.15) is 0 Å². The number of aryl methyl sites for hydroxylation is 2. The molecule has 0 N–H and O–H groups in total. The molecular formula is C30H38O4. The van der Waals surface area contributed by atoms with Crippen LogP contribution >= 0.6 is 0 Å². The summed E-state index contributed by atoms with van der Waals surface area (Å²) in [5.41, 5.74) is 5.21. The normalized spacial score (nSPS) is 10.5. The van der Waals surface area contributed by atoms with Crippen molar-refractivity contribution >= 4 is 11.9 Å². The van der Waals surface area contributed by atoms with E-state index in [0.717, 1.165) is 64.2 Å². The highest BCUT2D eigenvalue weighted by Crippen LogP contribution is 2.22. The van der Waals surface area contributed by atoms with Gasteiger partial charge in [-0.15, -0.1) is 0 Å². The largest absolute Gasteiger partial charge is 0.463 e. The van der Waals surface area contributed by atoms with E-state index in [-0.39, 0.29) is 11.9 Å². The van der Waals surface area contributed by atoms with Gasteiger partial charge in [-0.1, -0.05) is 87.4 Å². The predicted molar refractivity (Wildman–Crippen MR) is 139 cm³/mol. The molecule has 0 heterocycles. The zero-order valence-electron chi connectivity index (χ0n) is 20.3. The number of hydrogen-bond donors (Lipinski definition) is 0. The van der Waals surface area contributed by atoms with Crippen LogP contribution < -0.4 is 0 Å². The molecule has 182 valence electrons. The van der Waals surface area contributed by atoms with E-state index in [1.807, 2.05) is 0 Å². The Labute approximate surface area is 204 Å². The molecule has 4 heteroatoms. The Bertz CT molecular complexity index is 806. The average Bonchev–Trinajstić information content (AvgIpc) is 2.88. The van der Waals surface area contributed by atoms with Gasteiger partial charge in [0.25, 0.3) is 0 Å². The molecule has 0 radical (unpaired) electrons. The molecular weight excluding hydrogens is 424 g/mol. The molecule has 0 aromatic heterocycles. The Morgan fingerprint density at radius 2 is 0.912 bits per heavy atom. The van der Waals surface area contributed by atoms with Crippen LogP contribution in [-0.2, 0) is 31.9 Å². The van der Waals surface area contributed by atoms with Crippen molar-refractivity contribution in [3.8, 4) is 11.1 Å². The molecule has 2 aromatic rings. The SMILES string of the molecule is C=CC(=O)OCCCCCCc1ccc(-c2ccc(CCCCCCOC(=O)C=C)cc2)cc1. The maximum absolute atomic E-state index is 11.0. The van der Waals surface area contributed by atoms with E-state index in [0.29, 0.717) is 13.2 Å². The van der Waals surface area contributed by atoms with E-state index >= 15 is 0 Å². The fraction of sp³-hybridized carbons (Fsp3) is 0.400. The number of carbonyl (C=O) groups is 2. The lowest BCUT2D eigenvalue weighted by molar-refractivity contribution is -0.138. The second-order valence-electron chi connectivity index (χ2n) is 8.47. The number of hydrogen-bond acceptors (Lipinski definition) is 4. The first-order chi connectivity index (χ1) is 16.6. The van der Waals surface area contributed by atoms with Gasteiger partial charge in [0, 0.05) is 12.2 Å². The third kappa shape index (κ3) is 11.1. The highest BCUT2D eigenvalue weighted by Gasteiger charge is 2.01. The molecule has 0 bridgehead atoms. The minimum atomic E-state index is -0.341. The summed E-state index contributed by atoms with van der Waals surface area (Å²) < 4.78 is 9.99. The summed E-state index contributed by atoms with van der Waals surface area (Å²) in [6.07, 6.45) is 13.1. The van der Waals surface area contributed by atoms with Crippen LogP contribution in [0.4, 0.5) is 0 Å². The lowest BCUT2D eigenvalue weighted by Crippen LogP contribution is -2.01. The fourth-order valence-electron chi connectivity index (χ4n) is 3.76. The van der Waals surface area contributed by atoms with Crippen LogP contribution in [0, 0.1) is 0 Å². The van der Waals surface area contributed by atoms with E-state index in [4.69, 9.17) is 9.47 Å². The van der Waals surface area contributed by atoms with Gasteiger partial charge in [-0.25, -0.2) is 9.59 Å². The maximum atomic E-state index is 11.0. The number of unbranched alkanes of at least 4 members (excludes halogenated alkanes) is 6. The lowest BCUT2D eigenvalue weighted by atomic mass is 9.99.